The molecule has 1 unspecified atom stereocenters. The molecule has 4 heteroatoms. The molecular weight excluding hydrogens is 350 g/mol. The van der Waals surface area contributed by atoms with Gasteiger partial charge in [-0.1, -0.05) is 61.0 Å². The second-order valence-electron chi connectivity index (χ2n) is 7.83. The molecule has 0 amide bonds. The van der Waals surface area contributed by atoms with Gasteiger partial charge in [-0.15, -0.1) is 0 Å². The Morgan fingerprint density at radius 1 is 1.11 bits per heavy atom. The van der Waals surface area contributed by atoms with Gasteiger partial charge in [0, 0.05) is 12.0 Å². The summed E-state index contributed by atoms with van der Waals surface area (Å²) in [6.07, 6.45) is 2.82. The third-order valence-electron chi connectivity index (χ3n) is 5.16. The summed E-state index contributed by atoms with van der Waals surface area (Å²) >= 11 is 0. The molecule has 0 fully saturated rings. The topological polar surface area (TPSA) is 72.5 Å². The second kappa shape index (κ2) is 10.5. The second-order valence-corrected chi connectivity index (χ2v) is 7.83. The molecule has 4 nitrogen and oxygen atoms in total. The van der Waals surface area contributed by atoms with Crippen molar-refractivity contribution in [3.63, 3.8) is 0 Å². The lowest BCUT2D eigenvalue weighted by Crippen LogP contribution is -2.52. The monoisotopic (exact) mass is 383 g/mol. The van der Waals surface area contributed by atoms with Crippen LogP contribution in [0.5, 0.6) is 0 Å². The van der Waals surface area contributed by atoms with E-state index in [0.717, 1.165) is 30.4 Å². The van der Waals surface area contributed by atoms with Crippen molar-refractivity contribution in [2.45, 2.75) is 64.7 Å². The number of carbonyl (C=O) groups is 1. The van der Waals surface area contributed by atoms with Gasteiger partial charge >= 0.3 is 0 Å². The summed E-state index contributed by atoms with van der Waals surface area (Å²) in [6.45, 7) is 6.14. The van der Waals surface area contributed by atoms with Gasteiger partial charge in [-0.3, -0.25) is 4.79 Å². The van der Waals surface area contributed by atoms with E-state index in [-0.39, 0.29) is 18.5 Å². The molecule has 0 aliphatic heterocycles. The van der Waals surface area contributed by atoms with Crippen LogP contribution in [0.1, 0.15) is 60.2 Å². The van der Waals surface area contributed by atoms with Crippen LogP contribution in [0.2, 0.25) is 0 Å². The van der Waals surface area contributed by atoms with Gasteiger partial charge in [0.1, 0.15) is 0 Å². The molecule has 2 aromatic carbocycles. The van der Waals surface area contributed by atoms with E-state index in [2.05, 4.69) is 31.2 Å². The van der Waals surface area contributed by atoms with Crippen LogP contribution in [-0.2, 0) is 17.8 Å². The van der Waals surface area contributed by atoms with Crippen LogP contribution in [0.4, 0.5) is 0 Å². The minimum atomic E-state index is -0.762. The lowest BCUT2D eigenvalue weighted by Gasteiger charge is -2.31. The van der Waals surface area contributed by atoms with Crippen molar-refractivity contribution in [1.82, 2.24) is 0 Å². The Kier molecular flexibility index (Phi) is 8.36. The molecule has 0 aliphatic rings. The fourth-order valence-electron chi connectivity index (χ4n) is 3.21. The number of ether oxygens (including phenoxy) is 1. The summed E-state index contributed by atoms with van der Waals surface area (Å²) in [5, 5.41) is 9.40. The SMILES string of the molecule is CCC(OCc1ccc(C(=O)CCCc2ccc(C)cc2)cc1)[C@@](C)(N)CO. The third-order valence-corrected chi connectivity index (χ3v) is 5.16. The predicted octanol–water partition coefficient (Wildman–Crippen LogP) is 4.21. The number of nitrogens with two attached hydrogens (primary N) is 1. The van der Waals surface area contributed by atoms with Crippen molar-refractivity contribution >= 4 is 5.78 Å². The lowest BCUT2D eigenvalue weighted by molar-refractivity contribution is -0.0264. The molecule has 2 aromatic rings. The highest BCUT2D eigenvalue weighted by Crippen LogP contribution is 2.17. The van der Waals surface area contributed by atoms with Crippen LogP contribution < -0.4 is 5.73 Å². The summed E-state index contributed by atoms with van der Waals surface area (Å²) in [6, 6.07) is 16.0. The van der Waals surface area contributed by atoms with E-state index in [1.54, 1.807) is 6.92 Å². The number of hydrogen-bond donors (Lipinski definition) is 2. The van der Waals surface area contributed by atoms with Gasteiger partial charge in [-0.05, 0) is 44.2 Å². The number of aliphatic hydroxyl groups is 1. The molecule has 0 heterocycles. The quantitative estimate of drug-likeness (QED) is 0.570. The largest absolute Gasteiger partial charge is 0.394 e. The van der Waals surface area contributed by atoms with Gasteiger partial charge in [0.05, 0.1) is 24.9 Å². The van der Waals surface area contributed by atoms with Gasteiger partial charge in [-0.2, -0.15) is 0 Å². The number of aliphatic hydroxyl groups excluding tert-OH is 1. The fraction of sp³-hybridized carbons (Fsp3) is 0.458. The molecule has 0 spiro atoms. The van der Waals surface area contributed by atoms with Crippen LogP contribution in [0.25, 0.3) is 0 Å². The zero-order valence-electron chi connectivity index (χ0n) is 17.3. The molecule has 2 atom stereocenters. The number of rotatable bonds is 11. The van der Waals surface area contributed by atoms with Crippen molar-refractivity contribution in [1.29, 1.82) is 0 Å². The van der Waals surface area contributed by atoms with Gasteiger partial charge in [-0.25, -0.2) is 0 Å². The minimum absolute atomic E-state index is 0.123. The zero-order valence-corrected chi connectivity index (χ0v) is 17.3. The number of hydrogen-bond acceptors (Lipinski definition) is 4. The van der Waals surface area contributed by atoms with Crippen molar-refractivity contribution in [3.05, 3.63) is 70.8 Å². The molecule has 0 bridgehead atoms. The molecule has 0 aliphatic carbocycles. The van der Waals surface area contributed by atoms with Gasteiger partial charge in [0.25, 0.3) is 0 Å². The van der Waals surface area contributed by atoms with Crippen molar-refractivity contribution in [3.8, 4) is 0 Å². The van der Waals surface area contributed by atoms with Gasteiger partial charge in [0.15, 0.2) is 5.78 Å². The average Bonchev–Trinajstić information content (AvgIpc) is 2.70. The van der Waals surface area contributed by atoms with E-state index in [9.17, 15) is 9.90 Å². The van der Waals surface area contributed by atoms with E-state index in [1.807, 2.05) is 31.2 Å². The van der Waals surface area contributed by atoms with E-state index in [0.29, 0.717) is 13.0 Å². The maximum Gasteiger partial charge on any atom is 0.162 e. The Hall–Kier alpha value is -2.01. The first-order valence-electron chi connectivity index (χ1n) is 10.0. The summed E-state index contributed by atoms with van der Waals surface area (Å²) < 4.78 is 5.89. The van der Waals surface area contributed by atoms with E-state index in [4.69, 9.17) is 10.5 Å². The number of carbonyl (C=O) groups excluding carboxylic acids is 1. The first-order chi connectivity index (χ1) is 13.4. The van der Waals surface area contributed by atoms with Crippen LogP contribution in [0.15, 0.2) is 48.5 Å². The number of benzene rings is 2. The Bertz CT molecular complexity index is 735. The summed E-state index contributed by atoms with van der Waals surface area (Å²) in [7, 11) is 0. The first-order valence-corrected chi connectivity index (χ1v) is 10.0. The number of Topliss-reactive ketones (excluding diaryl/α,β-unsaturated/α-hetero) is 1. The van der Waals surface area contributed by atoms with E-state index < -0.39 is 5.54 Å². The van der Waals surface area contributed by atoms with Crippen molar-refractivity contribution in [2.24, 2.45) is 5.73 Å². The van der Waals surface area contributed by atoms with Crippen molar-refractivity contribution in [2.75, 3.05) is 6.61 Å². The zero-order chi connectivity index (χ0) is 20.6. The normalized spacial score (nSPS) is 14.5. The van der Waals surface area contributed by atoms with Crippen LogP contribution in [-0.4, -0.2) is 29.1 Å². The Balaban J connectivity index is 1.82. The number of ketones is 1. The van der Waals surface area contributed by atoms with Gasteiger partial charge < -0.3 is 15.6 Å². The molecule has 3 N–H and O–H groups in total. The molecule has 0 radical (unpaired) electrons. The fourth-order valence-corrected chi connectivity index (χ4v) is 3.21. The smallest absolute Gasteiger partial charge is 0.162 e. The standard InChI is InChI=1S/C24H33NO3/c1-4-23(24(3,25)17-26)28-16-20-12-14-21(15-13-20)22(27)7-5-6-19-10-8-18(2)9-11-19/h8-15,23,26H,4-7,16-17,25H2,1-3H3/t23?,24-/m0/s1. The molecule has 28 heavy (non-hydrogen) atoms. The highest BCUT2D eigenvalue weighted by Gasteiger charge is 2.28. The maximum absolute atomic E-state index is 12.4. The van der Waals surface area contributed by atoms with Crippen LogP contribution >= 0.6 is 0 Å². The highest BCUT2D eigenvalue weighted by molar-refractivity contribution is 5.96. The Morgan fingerprint density at radius 2 is 1.71 bits per heavy atom. The molecule has 0 saturated heterocycles. The molecule has 2 rings (SSSR count). The van der Waals surface area contributed by atoms with Crippen molar-refractivity contribution < 1.29 is 14.6 Å². The minimum Gasteiger partial charge on any atom is -0.394 e. The maximum atomic E-state index is 12.4. The van der Waals surface area contributed by atoms with Gasteiger partial charge in [0.2, 0.25) is 0 Å². The summed E-state index contributed by atoms with van der Waals surface area (Å²) in [5.74, 6) is 0.167. The summed E-state index contributed by atoms with van der Waals surface area (Å²) in [5.41, 5.74) is 9.56. The Labute approximate surface area is 168 Å². The average molecular weight is 384 g/mol. The van der Waals surface area contributed by atoms with Crippen LogP contribution in [0, 0.1) is 6.92 Å². The Morgan fingerprint density at radius 3 is 2.29 bits per heavy atom. The lowest BCUT2D eigenvalue weighted by atomic mass is 9.95. The van der Waals surface area contributed by atoms with E-state index >= 15 is 0 Å². The highest BCUT2D eigenvalue weighted by atomic mass is 16.5. The number of aryl methyl sites for hydroxylation is 2. The third kappa shape index (κ3) is 6.55. The predicted molar refractivity (Wildman–Crippen MR) is 113 cm³/mol. The van der Waals surface area contributed by atoms with E-state index in [1.165, 1.54) is 11.1 Å². The molecule has 0 saturated carbocycles. The van der Waals surface area contributed by atoms with Crippen LogP contribution in [0.3, 0.4) is 0 Å². The molecule has 0 aromatic heterocycles. The molecular formula is C24H33NO3. The first kappa shape index (κ1) is 22.3. The summed E-state index contributed by atoms with van der Waals surface area (Å²) in [4.78, 5) is 12.4. The molecule has 152 valence electrons.